The number of para-hydroxylation sites is 2. The summed E-state index contributed by atoms with van der Waals surface area (Å²) in [6.45, 7) is 2.49. The van der Waals surface area contributed by atoms with E-state index in [9.17, 15) is 4.79 Å². The van der Waals surface area contributed by atoms with Crippen molar-refractivity contribution in [1.29, 1.82) is 0 Å². The summed E-state index contributed by atoms with van der Waals surface area (Å²) in [4.78, 5) is 16.2. The molecule has 4 heteroatoms. The number of amides is 2. The monoisotopic (exact) mass is 259 g/mol. The molecule has 1 aromatic carbocycles. The van der Waals surface area contributed by atoms with E-state index in [0.29, 0.717) is 11.6 Å². The topological polar surface area (TPSA) is 49.6 Å². The van der Waals surface area contributed by atoms with Crippen LogP contribution in [0.3, 0.4) is 0 Å². The minimum atomic E-state index is 0.116. The molecule has 4 nitrogen and oxygen atoms in total. The quantitative estimate of drug-likeness (QED) is 0.848. The molecular weight excluding hydrogens is 238 g/mol. The molecule has 1 aromatic rings. The van der Waals surface area contributed by atoms with E-state index in [1.165, 1.54) is 25.7 Å². The number of nitrogens with two attached hydrogens (primary N) is 1. The zero-order chi connectivity index (χ0) is 13.2. The van der Waals surface area contributed by atoms with Gasteiger partial charge in [-0.15, -0.1) is 0 Å². The Bertz CT molecular complexity index is 468. The number of hydrogen-bond acceptors (Lipinski definition) is 2. The fourth-order valence-corrected chi connectivity index (χ4v) is 3.21. The minimum absolute atomic E-state index is 0.116. The number of anilines is 2. The fraction of sp³-hybridized carbons (Fsp3) is 0.533. The van der Waals surface area contributed by atoms with Crippen LogP contribution < -0.4 is 10.6 Å². The van der Waals surface area contributed by atoms with Crippen LogP contribution in [-0.4, -0.2) is 30.6 Å². The zero-order valence-corrected chi connectivity index (χ0v) is 11.2. The lowest BCUT2D eigenvalue weighted by Gasteiger charge is -2.22. The lowest BCUT2D eigenvalue weighted by Crippen LogP contribution is -2.34. The first kappa shape index (κ1) is 12.3. The van der Waals surface area contributed by atoms with E-state index in [1.54, 1.807) is 0 Å². The SMILES string of the molecule is Nc1ccccc1N1CCN(CC2CCCC2)C1=O. The first-order chi connectivity index (χ1) is 9.25. The van der Waals surface area contributed by atoms with Crippen molar-refractivity contribution < 1.29 is 4.79 Å². The second-order valence-corrected chi connectivity index (χ2v) is 5.59. The van der Waals surface area contributed by atoms with Gasteiger partial charge in [-0.2, -0.15) is 0 Å². The maximum atomic E-state index is 12.4. The number of hydrogen-bond donors (Lipinski definition) is 1. The Hall–Kier alpha value is -1.71. The van der Waals surface area contributed by atoms with Crippen LogP contribution in [-0.2, 0) is 0 Å². The van der Waals surface area contributed by atoms with Gasteiger partial charge in [0.2, 0.25) is 0 Å². The van der Waals surface area contributed by atoms with Gasteiger partial charge in [-0.1, -0.05) is 25.0 Å². The Morgan fingerprint density at radius 3 is 2.63 bits per heavy atom. The van der Waals surface area contributed by atoms with Crippen LogP contribution in [0.1, 0.15) is 25.7 Å². The van der Waals surface area contributed by atoms with Crippen LogP contribution in [0.2, 0.25) is 0 Å². The Kier molecular flexibility index (Phi) is 3.32. The lowest BCUT2D eigenvalue weighted by atomic mass is 10.1. The molecule has 2 N–H and O–H groups in total. The van der Waals surface area contributed by atoms with E-state index in [4.69, 9.17) is 5.73 Å². The maximum Gasteiger partial charge on any atom is 0.324 e. The molecule has 2 fully saturated rings. The lowest BCUT2D eigenvalue weighted by molar-refractivity contribution is 0.212. The van der Waals surface area contributed by atoms with Crippen molar-refractivity contribution >= 4 is 17.4 Å². The normalized spacial score (nSPS) is 20.5. The van der Waals surface area contributed by atoms with Crippen molar-refractivity contribution in [2.24, 2.45) is 5.92 Å². The van der Waals surface area contributed by atoms with Gasteiger partial charge in [0.1, 0.15) is 0 Å². The van der Waals surface area contributed by atoms with Gasteiger partial charge in [0.25, 0.3) is 0 Å². The number of rotatable bonds is 3. The average molecular weight is 259 g/mol. The van der Waals surface area contributed by atoms with Gasteiger partial charge in [0, 0.05) is 19.6 Å². The van der Waals surface area contributed by atoms with E-state index in [2.05, 4.69) is 0 Å². The summed E-state index contributed by atoms with van der Waals surface area (Å²) < 4.78 is 0. The molecule has 1 aliphatic heterocycles. The molecule has 19 heavy (non-hydrogen) atoms. The second kappa shape index (κ2) is 5.11. The van der Waals surface area contributed by atoms with Crippen LogP contribution in [0, 0.1) is 5.92 Å². The Balaban J connectivity index is 1.69. The predicted molar refractivity (Wildman–Crippen MR) is 77.1 cm³/mol. The van der Waals surface area contributed by atoms with Crippen LogP contribution in [0.4, 0.5) is 16.2 Å². The largest absolute Gasteiger partial charge is 0.397 e. The molecule has 3 rings (SSSR count). The maximum absolute atomic E-state index is 12.4. The molecule has 1 heterocycles. The van der Waals surface area contributed by atoms with Crippen molar-refractivity contribution in [3.63, 3.8) is 0 Å². The third-order valence-electron chi connectivity index (χ3n) is 4.28. The van der Waals surface area contributed by atoms with E-state index < -0.39 is 0 Å². The molecule has 1 saturated carbocycles. The third kappa shape index (κ3) is 2.39. The van der Waals surface area contributed by atoms with Gasteiger partial charge in [-0.05, 0) is 30.9 Å². The molecule has 2 aliphatic rings. The highest BCUT2D eigenvalue weighted by molar-refractivity contribution is 5.97. The summed E-state index contributed by atoms with van der Waals surface area (Å²) in [5, 5.41) is 0. The number of nitrogens with zero attached hydrogens (tertiary/aromatic N) is 2. The van der Waals surface area contributed by atoms with E-state index >= 15 is 0 Å². The fourth-order valence-electron chi connectivity index (χ4n) is 3.21. The number of nitrogen functional groups attached to an aromatic ring is 1. The first-order valence-electron chi connectivity index (χ1n) is 7.16. The molecular formula is C15H21N3O. The van der Waals surface area contributed by atoms with E-state index in [1.807, 2.05) is 34.1 Å². The number of urea groups is 1. The smallest absolute Gasteiger partial charge is 0.324 e. The van der Waals surface area contributed by atoms with Crippen molar-refractivity contribution in [1.82, 2.24) is 4.90 Å². The van der Waals surface area contributed by atoms with Crippen molar-refractivity contribution in [2.45, 2.75) is 25.7 Å². The summed E-state index contributed by atoms with van der Waals surface area (Å²) in [5.74, 6) is 0.706. The van der Waals surface area contributed by atoms with Crippen molar-refractivity contribution in [3.8, 4) is 0 Å². The number of benzene rings is 1. The predicted octanol–water partition coefficient (Wildman–Crippen LogP) is 2.70. The van der Waals surface area contributed by atoms with Crippen molar-refractivity contribution in [3.05, 3.63) is 24.3 Å². The van der Waals surface area contributed by atoms with Gasteiger partial charge in [-0.3, -0.25) is 4.90 Å². The number of carbonyl (C=O) groups is 1. The minimum Gasteiger partial charge on any atom is -0.397 e. The highest BCUT2D eigenvalue weighted by Gasteiger charge is 2.32. The molecule has 0 atom stereocenters. The van der Waals surface area contributed by atoms with Crippen LogP contribution in [0.25, 0.3) is 0 Å². The summed E-state index contributed by atoms with van der Waals surface area (Å²) in [6.07, 6.45) is 5.19. The Labute approximate surface area is 114 Å². The van der Waals surface area contributed by atoms with Crippen LogP contribution >= 0.6 is 0 Å². The Morgan fingerprint density at radius 2 is 1.89 bits per heavy atom. The summed E-state index contributed by atoms with van der Waals surface area (Å²) >= 11 is 0. The highest BCUT2D eigenvalue weighted by Crippen LogP contribution is 2.29. The van der Waals surface area contributed by atoms with Crippen LogP contribution in [0.5, 0.6) is 0 Å². The van der Waals surface area contributed by atoms with Gasteiger partial charge < -0.3 is 10.6 Å². The average Bonchev–Trinajstić information content (AvgIpc) is 3.03. The van der Waals surface area contributed by atoms with Crippen LogP contribution in [0.15, 0.2) is 24.3 Å². The molecule has 2 amide bonds. The van der Waals surface area contributed by atoms with E-state index in [-0.39, 0.29) is 6.03 Å². The highest BCUT2D eigenvalue weighted by atomic mass is 16.2. The molecule has 0 unspecified atom stereocenters. The van der Waals surface area contributed by atoms with Gasteiger partial charge >= 0.3 is 6.03 Å². The van der Waals surface area contributed by atoms with Gasteiger partial charge in [-0.25, -0.2) is 4.79 Å². The molecule has 0 radical (unpaired) electrons. The molecule has 0 spiro atoms. The molecule has 102 valence electrons. The molecule has 1 aliphatic carbocycles. The first-order valence-corrected chi connectivity index (χ1v) is 7.16. The second-order valence-electron chi connectivity index (χ2n) is 5.59. The zero-order valence-electron chi connectivity index (χ0n) is 11.2. The van der Waals surface area contributed by atoms with Gasteiger partial charge in [0.15, 0.2) is 0 Å². The van der Waals surface area contributed by atoms with Gasteiger partial charge in [0.05, 0.1) is 11.4 Å². The molecule has 0 aromatic heterocycles. The summed E-state index contributed by atoms with van der Waals surface area (Å²) in [7, 11) is 0. The summed E-state index contributed by atoms with van der Waals surface area (Å²) in [6, 6.07) is 7.72. The van der Waals surface area contributed by atoms with E-state index in [0.717, 1.165) is 25.3 Å². The third-order valence-corrected chi connectivity index (χ3v) is 4.28. The Morgan fingerprint density at radius 1 is 1.16 bits per heavy atom. The summed E-state index contributed by atoms with van der Waals surface area (Å²) in [5.41, 5.74) is 7.49. The standard InChI is InChI=1S/C15H21N3O/c16-13-7-3-4-8-14(13)18-10-9-17(15(18)19)11-12-5-1-2-6-12/h3-4,7-8,12H,1-2,5-6,9-11,16H2. The van der Waals surface area contributed by atoms with Crippen molar-refractivity contribution in [2.75, 3.05) is 30.3 Å². The number of carbonyl (C=O) groups excluding carboxylic acids is 1. The molecule has 0 bridgehead atoms. The molecule has 1 saturated heterocycles.